The van der Waals surface area contributed by atoms with Crippen LogP contribution in [-0.4, -0.2) is 55.6 Å². The normalized spacial score (nSPS) is 16.0. The topological polar surface area (TPSA) is 69.8 Å². The number of nitrogens with zero attached hydrogens (tertiary/aromatic N) is 4. The summed E-state index contributed by atoms with van der Waals surface area (Å²) in [6.07, 6.45) is -2.00. The lowest BCUT2D eigenvalue weighted by molar-refractivity contribution is -0.137. The van der Waals surface area contributed by atoms with E-state index < -0.39 is 11.7 Å². The Morgan fingerprint density at radius 2 is 1.93 bits per heavy atom. The lowest BCUT2D eigenvalue weighted by atomic mass is 10.1. The number of piperazine rings is 1. The molecule has 3 N–H and O–H groups in total. The predicted molar refractivity (Wildman–Crippen MR) is 112 cm³/mol. The summed E-state index contributed by atoms with van der Waals surface area (Å²) in [6.45, 7) is 3.86. The molecule has 1 saturated heterocycles. The number of rotatable bonds is 6. The third-order valence-corrected chi connectivity index (χ3v) is 5.08. The summed E-state index contributed by atoms with van der Waals surface area (Å²) in [7, 11) is 2.03. The Kier molecular flexibility index (Phi) is 7.15. The number of hydrogen-bond donors (Lipinski definition) is 2. The number of halogens is 3. The molecule has 0 saturated carbocycles. The van der Waals surface area contributed by atoms with Gasteiger partial charge in [0.1, 0.15) is 0 Å². The molecule has 1 fully saturated rings. The van der Waals surface area contributed by atoms with Crippen molar-refractivity contribution in [2.75, 3.05) is 44.7 Å². The van der Waals surface area contributed by atoms with E-state index in [0.29, 0.717) is 18.5 Å². The van der Waals surface area contributed by atoms with Crippen LogP contribution in [-0.2, 0) is 19.1 Å². The van der Waals surface area contributed by atoms with Crippen LogP contribution in [0.2, 0.25) is 0 Å². The third-order valence-electron chi connectivity index (χ3n) is 5.08. The third kappa shape index (κ3) is 6.09. The molecule has 0 spiro atoms. The van der Waals surface area contributed by atoms with Gasteiger partial charge in [0.2, 0.25) is 0 Å². The first-order valence-corrected chi connectivity index (χ1v) is 9.90. The molecule has 1 aliphatic rings. The fourth-order valence-corrected chi connectivity index (χ4v) is 3.34. The summed E-state index contributed by atoms with van der Waals surface area (Å²) in [5, 5.41) is 3.00. The van der Waals surface area contributed by atoms with Crippen LogP contribution in [0.15, 0.2) is 47.6 Å². The summed E-state index contributed by atoms with van der Waals surface area (Å²) in [5.74, 6) is 0.202. The van der Waals surface area contributed by atoms with Gasteiger partial charge in [-0.2, -0.15) is 13.2 Å². The second-order valence-corrected chi connectivity index (χ2v) is 7.33. The summed E-state index contributed by atoms with van der Waals surface area (Å²) in [6, 6.07) is 9.53. The van der Waals surface area contributed by atoms with Gasteiger partial charge >= 0.3 is 6.18 Å². The number of alkyl halides is 3. The standard InChI is InChI=1S/C21H27F3N6/c1-29-10-12-30(13-11-29)19-6-5-17(21(22,23)24)14-16(19)15-28-20(25)27-9-7-18-4-2-3-8-26-18/h2-6,8,14H,7,9-13,15H2,1H3,(H3,25,27,28). The number of hydrogen-bond acceptors (Lipinski definition) is 4. The van der Waals surface area contributed by atoms with Gasteiger partial charge in [-0.3, -0.25) is 4.98 Å². The molecule has 9 heteroatoms. The molecule has 0 bridgehead atoms. The van der Waals surface area contributed by atoms with Crippen molar-refractivity contribution >= 4 is 11.6 Å². The highest BCUT2D eigenvalue weighted by molar-refractivity contribution is 5.78. The summed E-state index contributed by atoms with van der Waals surface area (Å²) < 4.78 is 39.7. The molecule has 0 unspecified atom stereocenters. The number of aliphatic imine (C=N–C) groups is 1. The lowest BCUT2D eigenvalue weighted by Crippen LogP contribution is -2.44. The van der Waals surface area contributed by atoms with Crippen molar-refractivity contribution in [3.63, 3.8) is 0 Å². The van der Waals surface area contributed by atoms with Crippen LogP contribution in [0, 0.1) is 0 Å². The summed E-state index contributed by atoms with van der Waals surface area (Å²) in [4.78, 5) is 12.8. The maximum Gasteiger partial charge on any atom is 0.416 e. The van der Waals surface area contributed by atoms with E-state index in [4.69, 9.17) is 5.73 Å². The molecule has 6 nitrogen and oxygen atoms in total. The van der Waals surface area contributed by atoms with Gasteiger partial charge in [0.25, 0.3) is 0 Å². The van der Waals surface area contributed by atoms with Gasteiger partial charge in [0, 0.05) is 56.7 Å². The van der Waals surface area contributed by atoms with E-state index in [2.05, 4.69) is 25.1 Å². The molecule has 3 rings (SSSR count). The first-order valence-electron chi connectivity index (χ1n) is 9.90. The van der Waals surface area contributed by atoms with Gasteiger partial charge in [0.05, 0.1) is 12.1 Å². The molecule has 1 aromatic carbocycles. The molecule has 1 aromatic heterocycles. The van der Waals surface area contributed by atoms with Gasteiger partial charge in [0.15, 0.2) is 5.96 Å². The number of pyridine rings is 1. The Morgan fingerprint density at radius 1 is 1.17 bits per heavy atom. The minimum Gasteiger partial charge on any atom is -0.370 e. The van der Waals surface area contributed by atoms with E-state index in [1.165, 1.54) is 6.07 Å². The number of nitrogens with two attached hydrogens (primary N) is 1. The van der Waals surface area contributed by atoms with Crippen LogP contribution in [0.4, 0.5) is 18.9 Å². The number of guanidine groups is 1. The van der Waals surface area contributed by atoms with Gasteiger partial charge in [-0.25, -0.2) is 4.99 Å². The number of anilines is 1. The largest absolute Gasteiger partial charge is 0.416 e. The summed E-state index contributed by atoms with van der Waals surface area (Å²) in [5.41, 5.74) is 7.48. The molecule has 162 valence electrons. The zero-order chi connectivity index (χ0) is 21.6. The molecule has 0 radical (unpaired) electrons. The lowest BCUT2D eigenvalue weighted by Gasteiger charge is -2.35. The number of nitrogens with one attached hydrogen (secondary N) is 1. The Labute approximate surface area is 174 Å². The van der Waals surface area contributed by atoms with Crippen molar-refractivity contribution in [2.45, 2.75) is 19.1 Å². The van der Waals surface area contributed by atoms with E-state index >= 15 is 0 Å². The molecule has 1 aliphatic heterocycles. The Bertz CT molecular complexity index is 846. The quantitative estimate of drug-likeness (QED) is 0.555. The van der Waals surface area contributed by atoms with Gasteiger partial charge in [-0.1, -0.05) is 6.07 Å². The highest BCUT2D eigenvalue weighted by Gasteiger charge is 2.31. The van der Waals surface area contributed by atoms with Crippen molar-refractivity contribution in [2.24, 2.45) is 10.7 Å². The predicted octanol–water partition coefficient (Wildman–Crippen LogP) is 2.50. The van der Waals surface area contributed by atoms with Gasteiger partial charge < -0.3 is 20.9 Å². The number of aromatic nitrogens is 1. The van der Waals surface area contributed by atoms with Crippen LogP contribution >= 0.6 is 0 Å². The maximum absolute atomic E-state index is 13.2. The molecule has 0 atom stereocenters. The van der Waals surface area contributed by atoms with Gasteiger partial charge in [-0.15, -0.1) is 0 Å². The minimum atomic E-state index is -4.40. The maximum atomic E-state index is 13.2. The minimum absolute atomic E-state index is 0.0774. The molecule has 0 amide bonds. The number of benzene rings is 1. The average molecular weight is 420 g/mol. The van der Waals surface area contributed by atoms with Crippen LogP contribution in [0.25, 0.3) is 0 Å². The van der Waals surface area contributed by atoms with Crippen molar-refractivity contribution in [1.82, 2.24) is 15.2 Å². The molecule has 0 aliphatic carbocycles. The molecular formula is C21H27F3N6. The molecule has 2 aromatic rings. The Hall–Kier alpha value is -2.81. The zero-order valence-corrected chi connectivity index (χ0v) is 17.0. The van der Waals surface area contributed by atoms with E-state index in [1.54, 1.807) is 12.3 Å². The van der Waals surface area contributed by atoms with Crippen molar-refractivity contribution < 1.29 is 13.2 Å². The zero-order valence-electron chi connectivity index (χ0n) is 17.0. The Balaban J connectivity index is 1.69. The van der Waals surface area contributed by atoms with E-state index in [-0.39, 0.29) is 12.5 Å². The van der Waals surface area contributed by atoms with Crippen LogP contribution in [0.5, 0.6) is 0 Å². The van der Waals surface area contributed by atoms with Crippen LogP contribution in [0.3, 0.4) is 0 Å². The van der Waals surface area contributed by atoms with E-state index in [0.717, 1.165) is 43.6 Å². The average Bonchev–Trinajstić information content (AvgIpc) is 2.73. The second-order valence-electron chi connectivity index (χ2n) is 7.33. The fourth-order valence-electron chi connectivity index (χ4n) is 3.34. The smallest absolute Gasteiger partial charge is 0.370 e. The first-order chi connectivity index (χ1) is 14.3. The number of likely N-dealkylation sites (N-methyl/N-ethyl adjacent to an activating group) is 1. The van der Waals surface area contributed by atoms with Crippen molar-refractivity contribution in [1.29, 1.82) is 0 Å². The van der Waals surface area contributed by atoms with Crippen LogP contribution in [0.1, 0.15) is 16.8 Å². The molecular weight excluding hydrogens is 393 g/mol. The SMILES string of the molecule is CN1CCN(c2ccc(C(F)(F)F)cc2CN=C(N)NCCc2ccccn2)CC1. The highest BCUT2D eigenvalue weighted by atomic mass is 19.4. The van der Waals surface area contributed by atoms with Crippen LogP contribution < -0.4 is 16.0 Å². The first kappa shape index (κ1) is 21.9. The van der Waals surface area contributed by atoms with E-state index in [9.17, 15) is 13.2 Å². The summed E-state index contributed by atoms with van der Waals surface area (Å²) >= 11 is 0. The molecule has 2 heterocycles. The molecule has 30 heavy (non-hydrogen) atoms. The fraction of sp³-hybridized carbons (Fsp3) is 0.429. The second kappa shape index (κ2) is 9.80. The van der Waals surface area contributed by atoms with Crippen molar-refractivity contribution in [3.05, 3.63) is 59.4 Å². The van der Waals surface area contributed by atoms with Gasteiger partial charge in [-0.05, 0) is 42.9 Å². The van der Waals surface area contributed by atoms with Crippen molar-refractivity contribution in [3.8, 4) is 0 Å². The van der Waals surface area contributed by atoms with E-state index in [1.807, 2.05) is 25.2 Å². The highest BCUT2D eigenvalue weighted by Crippen LogP contribution is 2.33. The monoisotopic (exact) mass is 420 g/mol. The Morgan fingerprint density at radius 3 is 2.60 bits per heavy atom.